The van der Waals surface area contributed by atoms with Gasteiger partial charge in [-0.25, -0.2) is 15.3 Å². The number of aromatic nitrogens is 2. The molecule has 1 N–H and O–H groups in total. The van der Waals surface area contributed by atoms with Crippen LogP contribution in [-0.2, 0) is 9.57 Å². The predicted octanol–water partition coefficient (Wildman–Crippen LogP) is 5.16. The number of nitrogens with one attached hydrogen (secondary N) is 1. The fourth-order valence-corrected chi connectivity index (χ4v) is 4.13. The van der Waals surface area contributed by atoms with Gasteiger partial charge < -0.3 is 9.47 Å². The SMILES string of the molecule is COc1c(-c2ccc(-c3ccccc3)cc2)nc2ccncc2c1C(=O)NOC1CCCCO1. The molecule has 1 fully saturated rings. The molecule has 3 heterocycles. The lowest BCUT2D eigenvalue weighted by atomic mass is 10.00. The van der Waals surface area contributed by atoms with Gasteiger partial charge in [-0.15, -0.1) is 0 Å². The minimum Gasteiger partial charge on any atom is -0.494 e. The molecule has 4 aromatic rings. The quantitative estimate of drug-likeness (QED) is 0.405. The molecular weight excluding hydrogens is 430 g/mol. The number of nitrogens with zero attached hydrogens (tertiary/aromatic N) is 2. The first-order valence-electron chi connectivity index (χ1n) is 11.3. The molecule has 1 amide bonds. The molecular formula is C27H25N3O4. The molecule has 2 aromatic carbocycles. The monoisotopic (exact) mass is 455 g/mol. The standard InChI is InChI=1S/C27H25N3O4/c1-32-26-24(27(31)30-34-23-9-5-6-16-33-23)21-17-28-15-14-22(21)29-25(26)20-12-10-19(11-13-20)18-7-3-2-4-8-18/h2-4,7-8,10-15,17,23H,5-6,9,16H2,1H3,(H,30,31). The molecule has 1 aliphatic heterocycles. The molecule has 0 spiro atoms. The van der Waals surface area contributed by atoms with Crippen LogP contribution in [0.2, 0.25) is 0 Å². The molecule has 34 heavy (non-hydrogen) atoms. The number of pyridine rings is 2. The first-order valence-corrected chi connectivity index (χ1v) is 11.3. The van der Waals surface area contributed by atoms with Gasteiger partial charge in [0.2, 0.25) is 0 Å². The van der Waals surface area contributed by atoms with Gasteiger partial charge >= 0.3 is 0 Å². The van der Waals surface area contributed by atoms with Gasteiger partial charge in [-0.1, -0.05) is 54.6 Å². The van der Waals surface area contributed by atoms with Crippen molar-refractivity contribution in [1.82, 2.24) is 15.4 Å². The van der Waals surface area contributed by atoms with Crippen LogP contribution in [0.4, 0.5) is 0 Å². The molecule has 1 saturated heterocycles. The summed E-state index contributed by atoms with van der Waals surface area (Å²) in [4.78, 5) is 27.8. The zero-order chi connectivity index (χ0) is 23.3. The van der Waals surface area contributed by atoms with Gasteiger partial charge in [0.15, 0.2) is 12.0 Å². The van der Waals surface area contributed by atoms with Crippen LogP contribution in [0.5, 0.6) is 5.75 Å². The molecule has 5 rings (SSSR count). The highest BCUT2D eigenvalue weighted by molar-refractivity contribution is 6.09. The summed E-state index contributed by atoms with van der Waals surface area (Å²) in [7, 11) is 1.53. The molecule has 1 aliphatic rings. The summed E-state index contributed by atoms with van der Waals surface area (Å²) in [5.74, 6) is -0.0767. The fourth-order valence-electron chi connectivity index (χ4n) is 4.13. The summed E-state index contributed by atoms with van der Waals surface area (Å²) < 4.78 is 11.3. The Morgan fingerprint density at radius 1 is 1.00 bits per heavy atom. The van der Waals surface area contributed by atoms with E-state index in [1.807, 2.05) is 42.5 Å². The zero-order valence-electron chi connectivity index (χ0n) is 18.9. The van der Waals surface area contributed by atoms with Crippen molar-refractivity contribution in [2.24, 2.45) is 0 Å². The minimum atomic E-state index is -0.458. The lowest BCUT2D eigenvalue weighted by molar-refractivity contribution is -0.186. The first-order chi connectivity index (χ1) is 16.7. The number of fused-ring (bicyclic) bond motifs is 1. The van der Waals surface area contributed by atoms with Crippen molar-refractivity contribution in [3.8, 4) is 28.1 Å². The van der Waals surface area contributed by atoms with Gasteiger partial charge in [-0.05, 0) is 30.0 Å². The van der Waals surface area contributed by atoms with E-state index in [0.29, 0.717) is 34.5 Å². The van der Waals surface area contributed by atoms with Crippen molar-refractivity contribution in [2.45, 2.75) is 25.6 Å². The largest absolute Gasteiger partial charge is 0.494 e. The molecule has 7 nitrogen and oxygen atoms in total. The van der Waals surface area contributed by atoms with Crippen LogP contribution in [0, 0.1) is 0 Å². The second-order valence-corrected chi connectivity index (χ2v) is 8.05. The summed E-state index contributed by atoms with van der Waals surface area (Å²) in [5, 5.41) is 0.578. The van der Waals surface area contributed by atoms with Crippen molar-refractivity contribution < 1.29 is 19.1 Å². The maximum atomic E-state index is 13.3. The van der Waals surface area contributed by atoms with E-state index in [1.54, 1.807) is 18.5 Å². The predicted molar refractivity (Wildman–Crippen MR) is 129 cm³/mol. The van der Waals surface area contributed by atoms with Gasteiger partial charge in [0.1, 0.15) is 5.69 Å². The molecule has 2 aromatic heterocycles. The molecule has 0 saturated carbocycles. The molecule has 0 bridgehead atoms. The lowest BCUT2D eigenvalue weighted by Crippen LogP contribution is -2.33. The van der Waals surface area contributed by atoms with Crippen LogP contribution >= 0.6 is 0 Å². The highest BCUT2D eigenvalue weighted by Crippen LogP contribution is 2.36. The maximum Gasteiger partial charge on any atom is 0.279 e. The number of carbonyl (C=O) groups excluding carboxylic acids is 1. The van der Waals surface area contributed by atoms with Crippen LogP contribution in [0.3, 0.4) is 0 Å². The van der Waals surface area contributed by atoms with E-state index in [4.69, 9.17) is 19.3 Å². The number of hydrogen-bond acceptors (Lipinski definition) is 6. The molecule has 1 atom stereocenters. The van der Waals surface area contributed by atoms with Crippen LogP contribution < -0.4 is 10.2 Å². The van der Waals surface area contributed by atoms with Gasteiger partial charge in [-0.2, -0.15) is 0 Å². The first kappa shape index (κ1) is 22.0. The Morgan fingerprint density at radius 3 is 2.50 bits per heavy atom. The van der Waals surface area contributed by atoms with Crippen molar-refractivity contribution in [1.29, 1.82) is 0 Å². The number of methoxy groups -OCH3 is 1. The summed E-state index contributed by atoms with van der Waals surface area (Å²) in [6.07, 6.45) is 5.52. The van der Waals surface area contributed by atoms with Gasteiger partial charge in [-0.3, -0.25) is 9.78 Å². The second-order valence-electron chi connectivity index (χ2n) is 8.05. The van der Waals surface area contributed by atoms with Gasteiger partial charge in [0.25, 0.3) is 5.91 Å². The molecule has 172 valence electrons. The van der Waals surface area contributed by atoms with E-state index in [1.165, 1.54) is 7.11 Å². The third kappa shape index (κ3) is 4.48. The Kier molecular flexibility index (Phi) is 6.46. The van der Waals surface area contributed by atoms with Crippen LogP contribution in [0.25, 0.3) is 33.3 Å². The highest BCUT2D eigenvalue weighted by Gasteiger charge is 2.24. The second kappa shape index (κ2) is 9.99. The maximum absolute atomic E-state index is 13.3. The van der Waals surface area contributed by atoms with Gasteiger partial charge in [0, 0.05) is 36.4 Å². The van der Waals surface area contributed by atoms with E-state index in [0.717, 1.165) is 36.0 Å². The summed E-state index contributed by atoms with van der Waals surface area (Å²) in [6.45, 7) is 0.620. The third-order valence-corrected chi connectivity index (χ3v) is 5.86. The lowest BCUT2D eigenvalue weighted by Gasteiger charge is -2.22. The molecule has 1 unspecified atom stereocenters. The number of rotatable bonds is 6. The third-order valence-electron chi connectivity index (χ3n) is 5.86. The fraction of sp³-hybridized carbons (Fsp3) is 0.222. The number of hydrogen-bond donors (Lipinski definition) is 1. The van der Waals surface area contributed by atoms with Crippen molar-refractivity contribution in [3.63, 3.8) is 0 Å². The Balaban J connectivity index is 1.53. The number of benzene rings is 2. The Hall–Kier alpha value is -3.81. The van der Waals surface area contributed by atoms with Crippen molar-refractivity contribution >= 4 is 16.8 Å². The molecule has 0 radical (unpaired) electrons. The minimum absolute atomic E-state index is 0.318. The molecule has 7 heteroatoms. The van der Waals surface area contributed by atoms with Crippen LogP contribution in [-0.4, -0.2) is 35.9 Å². The highest BCUT2D eigenvalue weighted by atomic mass is 16.8. The number of amides is 1. The van der Waals surface area contributed by atoms with Crippen molar-refractivity contribution in [2.75, 3.05) is 13.7 Å². The van der Waals surface area contributed by atoms with E-state index < -0.39 is 12.2 Å². The van der Waals surface area contributed by atoms with E-state index in [-0.39, 0.29) is 0 Å². The van der Waals surface area contributed by atoms with E-state index in [2.05, 4.69) is 22.6 Å². The number of ether oxygens (including phenoxy) is 2. The average Bonchev–Trinajstić information content (AvgIpc) is 2.91. The van der Waals surface area contributed by atoms with Crippen LogP contribution in [0.15, 0.2) is 73.1 Å². The van der Waals surface area contributed by atoms with Crippen LogP contribution in [0.1, 0.15) is 29.6 Å². The number of carbonyl (C=O) groups is 1. The summed E-state index contributed by atoms with van der Waals surface area (Å²) in [5.41, 5.74) is 7.12. The normalized spacial score (nSPS) is 15.7. The van der Waals surface area contributed by atoms with Crippen molar-refractivity contribution in [3.05, 3.63) is 78.6 Å². The molecule has 0 aliphatic carbocycles. The zero-order valence-corrected chi connectivity index (χ0v) is 18.9. The average molecular weight is 456 g/mol. The Morgan fingerprint density at radius 2 is 1.76 bits per heavy atom. The van der Waals surface area contributed by atoms with E-state index >= 15 is 0 Å². The summed E-state index contributed by atoms with van der Waals surface area (Å²) >= 11 is 0. The topological polar surface area (TPSA) is 82.6 Å². The van der Waals surface area contributed by atoms with Gasteiger partial charge in [0.05, 0.1) is 18.2 Å². The van der Waals surface area contributed by atoms with E-state index in [9.17, 15) is 4.79 Å². The Labute approximate surface area is 197 Å². The number of hydroxylamine groups is 1. The summed E-state index contributed by atoms with van der Waals surface area (Å²) in [6, 6.07) is 19.9. The smallest absolute Gasteiger partial charge is 0.279 e. The Bertz CT molecular complexity index is 1290.